The molecular formula is C11H14O2. The maximum atomic E-state index is 9.48. The number of fused-ring (bicyclic) bond motifs is 1. The molecule has 13 heavy (non-hydrogen) atoms. The van der Waals surface area contributed by atoms with Gasteiger partial charge in [0.2, 0.25) is 0 Å². The number of hydrogen-bond donors (Lipinski definition) is 1. The highest BCUT2D eigenvalue weighted by molar-refractivity contribution is 5.40. The van der Waals surface area contributed by atoms with E-state index in [0.717, 1.165) is 5.57 Å². The van der Waals surface area contributed by atoms with E-state index in [9.17, 15) is 5.11 Å². The van der Waals surface area contributed by atoms with E-state index in [1.54, 1.807) is 0 Å². The molecule has 0 radical (unpaired) electrons. The number of ether oxygens (including phenoxy) is 1. The van der Waals surface area contributed by atoms with Crippen LogP contribution in [-0.4, -0.2) is 17.5 Å². The molecule has 1 heterocycles. The first kappa shape index (κ1) is 8.73. The Labute approximate surface area is 78.2 Å². The van der Waals surface area contributed by atoms with Gasteiger partial charge in [0.05, 0.1) is 0 Å². The second-order valence-corrected chi connectivity index (χ2v) is 3.72. The summed E-state index contributed by atoms with van der Waals surface area (Å²) in [4.78, 5) is 0. The van der Waals surface area contributed by atoms with Gasteiger partial charge in [-0.3, -0.25) is 0 Å². The summed E-state index contributed by atoms with van der Waals surface area (Å²) in [5.74, 6) is 0.0858. The van der Waals surface area contributed by atoms with Crippen LogP contribution in [0.15, 0.2) is 35.5 Å². The standard InChI is InChI=1S/C11H14O2/c1-7-3-4-9-6-8(2)11(12)13-10(9)5-7/h3-6,8,10-12H,1-2H3. The normalized spacial score (nSPS) is 37.9. The number of aliphatic hydroxyl groups is 1. The van der Waals surface area contributed by atoms with Crippen LogP contribution in [0, 0.1) is 5.92 Å². The van der Waals surface area contributed by atoms with Gasteiger partial charge in [-0.1, -0.05) is 30.7 Å². The van der Waals surface area contributed by atoms with E-state index in [1.807, 2.05) is 19.9 Å². The first-order chi connectivity index (χ1) is 6.16. The quantitative estimate of drug-likeness (QED) is 0.612. The fourth-order valence-electron chi connectivity index (χ4n) is 1.64. The highest BCUT2D eigenvalue weighted by atomic mass is 16.6. The van der Waals surface area contributed by atoms with Crippen LogP contribution in [0.1, 0.15) is 13.8 Å². The Bertz CT molecular complexity index is 299. The molecule has 0 spiro atoms. The van der Waals surface area contributed by atoms with Gasteiger partial charge in [-0.2, -0.15) is 0 Å². The lowest BCUT2D eigenvalue weighted by Crippen LogP contribution is -2.32. The van der Waals surface area contributed by atoms with Crippen LogP contribution in [-0.2, 0) is 4.74 Å². The Morgan fingerprint density at radius 2 is 2.08 bits per heavy atom. The van der Waals surface area contributed by atoms with Crippen molar-refractivity contribution in [1.29, 1.82) is 0 Å². The second-order valence-electron chi connectivity index (χ2n) is 3.72. The van der Waals surface area contributed by atoms with E-state index in [0.29, 0.717) is 0 Å². The Hall–Kier alpha value is -0.860. The van der Waals surface area contributed by atoms with Crippen molar-refractivity contribution in [2.45, 2.75) is 26.2 Å². The maximum Gasteiger partial charge on any atom is 0.161 e. The average molecular weight is 178 g/mol. The van der Waals surface area contributed by atoms with Crippen LogP contribution >= 0.6 is 0 Å². The van der Waals surface area contributed by atoms with Gasteiger partial charge in [-0.25, -0.2) is 0 Å². The molecule has 3 atom stereocenters. The monoisotopic (exact) mass is 178 g/mol. The van der Waals surface area contributed by atoms with Crippen LogP contribution < -0.4 is 0 Å². The van der Waals surface area contributed by atoms with Crippen molar-refractivity contribution in [2.75, 3.05) is 0 Å². The maximum absolute atomic E-state index is 9.48. The predicted molar refractivity (Wildman–Crippen MR) is 51.0 cm³/mol. The third-order valence-electron chi connectivity index (χ3n) is 2.47. The molecule has 0 amide bonds. The number of hydrogen-bond acceptors (Lipinski definition) is 2. The molecule has 0 aromatic carbocycles. The van der Waals surface area contributed by atoms with Crippen molar-refractivity contribution < 1.29 is 9.84 Å². The minimum absolute atomic E-state index is 0.0452. The van der Waals surface area contributed by atoms with E-state index in [1.165, 1.54) is 5.57 Å². The Kier molecular flexibility index (Phi) is 2.10. The Balaban J connectivity index is 2.29. The summed E-state index contributed by atoms with van der Waals surface area (Å²) in [6.07, 6.45) is 7.51. The molecular weight excluding hydrogens is 164 g/mol. The summed E-state index contributed by atoms with van der Waals surface area (Å²) < 4.78 is 5.43. The fourth-order valence-corrected chi connectivity index (χ4v) is 1.64. The summed E-state index contributed by atoms with van der Waals surface area (Å²) in [6, 6.07) is 0. The summed E-state index contributed by atoms with van der Waals surface area (Å²) in [5, 5.41) is 9.48. The molecule has 0 fully saturated rings. The molecule has 0 saturated heterocycles. The van der Waals surface area contributed by atoms with Crippen molar-refractivity contribution in [3.63, 3.8) is 0 Å². The molecule has 3 unspecified atom stereocenters. The summed E-state index contributed by atoms with van der Waals surface area (Å²) >= 11 is 0. The van der Waals surface area contributed by atoms with Gasteiger partial charge in [0, 0.05) is 5.92 Å². The lowest BCUT2D eigenvalue weighted by atomic mass is 9.94. The van der Waals surface area contributed by atoms with Crippen molar-refractivity contribution in [3.8, 4) is 0 Å². The molecule has 70 valence electrons. The summed E-state index contributed by atoms with van der Waals surface area (Å²) in [7, 11) is 0. The summed E-state index contributed by atoms with van der Waals surface area (Å²) in [6.45, 7) is 3.98. The fraction of sp³-hybridized carbons (Fsp3) is 0.455. The zero-order valence-corrected chi connectivity index (χ0v) is 7.90. The molecule has 0 aromatic rings. The molecule has 0 saturated carbocycles. The second kappa shape index (κ2) is 3.13. The van der Waals surface area contributed by atoms with Crippen molar-refractivity contribution in [2.24, 2.45) is 5.92 Å². The van der Waals surface area contributed by atoms with E-state index in [2.05, 4.69) is 18.2 Å². The molecule has 0 aromatic heterocycles. The zero-order valence-electron chi connectivity index (χ0n) is 7.90. The minimum Gasteiger partial charge on any atom is -0.367 e. The molecule has 1 aliphatic heterocycles. The first-order valence-electron chi connectivity index (χ1n) is 4.58. The van der Waals surface area contributed by atoms with Crippen molar-refractivity contribution in [3.05, 3.63) is 35.5 Å². The van der Waals surface area contributed by atoms with Gasteiger partial charge in [-0.05, 0) is 18.6 Å². The molecule has 2 aliphatic rings. The predicted octanol–water partition coefficient (Wildman–Crippen LogP) is 1.78. The highest BCUT2D eigenvalue weighted by Crippen LogP contribution is 2.27. The average Bonchev–Trinajstić information content (AvgIpc) is 2.08. The molecule has 0 bridgehead atoms. The molecule has 2 rings (SSSR count). The molecule has 1 N–H and O–H groups in total. The zero-order chi connectivity index (χ0) is 9.42. The van der Waals surface area contributed by atoms with Crippen LogP contribution in [0.4, 0.5) is 0 Å². The van der Waals surface area contributed by atoms with Crippen molar-refractivity contribution >= 4 is 0 Å². The molecule has 2 nitrogen and oxygen atoms in total. The van der Waals surface area contributed by atoms with Gasteiger partial charge < -0.3 is 9.84 Å². The van der Waals surface area contributed by atoms with E-state index >= 15 is 0 Å². The highest BCUT2D eigenvalue weighted by Gasteiger charge is 2.26. The summed E-state index contributed by atoms with van der Waals surface area (Å²) in [5.41, 5.74) is 2.34. The smallest absolute Gasteiger partial charge is 0.161 e. The van der Waals surface area contributed by atoms with Crippen LogP contribution in [0.5, 0.6) is 0 Å². The SMILES string of the molecule is CC1=CC2OC(O)C(C)C=C2C=C1. The van der Waals surface area contributed by atoms with Gasteiger partial charge >= 0.3 is 0 Å². The number of rotatable bonds is 0. The van der Waals surface area contributed by atoms with Gasteiger partial charge in [-0.15, -0.1) is 0 Å². The van der Waals surface area contributed by atoms with E-state index < -0.39 is 6.29 Å². The van der Waals surface area contributed by atoms with E-state index in [4.69, 9.17) is 4.74 Å². The minimum atomic E-state index is -0.663. The molecule has 2 heteroatoms. The number of aliphatic hydroxyl groups excluding tert-OH is 1. The van der Waals surface area contributed by atoms with Crippen LogP contribution in [0.3, 0.4) is 0 Å². The van der Waals surface area contributed by atoms with Crippen LogP contribution in [0.25, 0.3) is 0 Å². The topological polar surface area (TPSA) is 29.5 Å². The third kappa shape index (κ3) is 1.60. The van der Waals surface area contributed by atoms with Gasteiger partial charge in [0.1, 0.15) is 6.10 Å². The third-order valence-corrected chi connectivity index (χ3v) is 2.47. The van der Waals surface area contributed by atoms with Crippen LogP contribution in [0.2, 0.25) is 0 Å². The number of allylic oxidation sites excluding steroid dienone is 2. The largest absolute Gasteiger partial charge is 0.367 e. The van der Waals surface area contributed by atoms with Gasteiger partial charge in [0.25, 0.3) is 0 Å². The lowest BCUT2D eigenvalue weighted by molar-refractivity contribution is -0.139. The lowest BCUT2D eigenvalue weighted by Gasteiger charge is -2.30. The molecule has 1 aliphatic carbocycles. The van der Waals surface area contributed by atoms with Crippen molar-refractivity contribution in [1.82, 2.24) is 0 Å². The Morgan fingerprint density at radius 3 is 2.85 bits per heavy atom. The van der Waals surface area contributed by atoms with Gasteiger partial charge in [0.15, 0.2) is 6.29 Å². The first-order valence-corrected chi connectivity index (χ1v) is 4.58. The van der Waals surface area contributed by atoms with E-state index in [-0.39, 0.29) is 12.0 Å². The Morgan fingerprint density at radius 1 is 1.31 bits per heavy atom.